The van der Waals surface area contributed by atoms with Gasteiger partial charge < -0.3 is 10.0 Å². The van der Waals surface area contributed by atoms with Crippen LogP contribution in [0.1, 0.15) is 28.7 Å². The summed E-state index contributed by atoms with van der Waals surface area (Å²) in [6, 6.07) is 5.57. The molecule has 0 aliphatic carbocycles. The zero-order valence-electron chi connectivity index (χ0n) is 12.0. The molecule has 0 saturated carbocycles. The van der Waals surface area contributed by atoms with Crippen molar-refractivity contribution in [2.45, 2.75) is 26.0 Å². The fourth-order valence-electron chi connectivity index (χ4n) is 2.07. The lowest BCUT2D eigenvalue weighted by atomic mass is 10.1. The molecule has 1 heterocycles. The van der Waals surface area contributed by atoms with Crippen molar-refractivity contribution in [3.05, 3.63) is 49.3 Å². The number of halogens is 2. The lowest BCUT2D eigenvalue weighted by Crippen LogP contribution is -2.21. The summed E-state index contributed by atoms with van der Waals surface area (Å²) >= 11 is 11.2. The summed E-state index contributed by atoms with van der Waals surface area (Å²) in [5.41, 5.74) is 3.74. The van der Waals surface area contributed by atoms with Crippen LogP contribution in [0, 0.1) is 6.92 Å². The van der Waals surface area contributed by atoms with Gasteiger partial charge >= 0.3 is 0 Å². The summed E-state index contributed by atoms with van der Waals surface area (Å²) in [7, 11) is 2.05. The molecule has 0 amide bonds. The lowest BCUT2D eigenvalue weighted by molar-refractivity contribution is 0.148. The Balaban J connectivity index is 1.88. The highest BCUT2D eigenvalue weighted by molar-refractivity contribution is 9.10. The molecule has 114 valence electrons. The van der Waals surface area contributed by atoms with Crippen molar-refractivity contribution in [1.82, 2.24) is 9.88 Å². The maximum Gasteiger partial charge on any atom is 0.0816 e. The molecular weight excluding hydrogens is 372 g/mol. The van der Waals surface area contributed by atoms with Gasteiger partial charge in [-0.2, -0.15) is 0 Å². The highest BCUT2D eigenvalue weighted by Crippen LogP contribution is 2.28. The Labute approximate surface area is 142 Å². The van der Waals surface area contributed by atoms with Crippen LogP contribution in [0.3, 0.4) is 0 Å². The van der Waals surface area contributed by atoms with E-state index >= 15 is 0 Å². The number of rotatable bonds is 6. The van der Waals surface area contributed by atoms with E-state index in [1.165, 1.54) is 4.88 Å². The molecular formula is C15H18BrClN2OS. The maximum absolute atomic E-state index is 10.3. The fourth-order valence-corrected chi connectivity index (χ4v) is 3.73. The van der Waals surface area contributed by atoms with E-state index in [1.54, 1.807) is 11.3 Å². The SMILES string of the molecule is Cc1ncsc1CN(C)CCC(O)c1ccc(Br)cc1Cl. The molecule has 1 aromatic carbocycles. The van der Waals surface area contributed by atoms with Crippen LogP contribution in [0.2, 0.25) is 5.02 Å². The molecule has 1 unspecified atom stereocenters. The monoisotopic (exact) mass is 388 g/mol. The van der Waals surface area contributed by atoms with Gasteiger partial charge in [0, 0.05) is 27.5 Å². The largest absolute Gasteiger partial charge is 0.388 e. The average Bonchev–Trinajstić information content (AvgIpc) is 2.81. The molecule has 0 fully saturated rings. The second kappa shape index (κ2) is 7.70. The van der Waals surface area contributed by atoms with E-state index < -0.39 is 6.10 Å². The third-order valence-corrected chi connectivity index (χ3v) is 5.10. The molecule has 0 spiro atoms. The zero-order chi connectivity index (χ0) is 15.4. The van der Waals surface area contributed by atoms with Crippen molar-refractivity contribution in [3.8, 4) is 0 Å². The highest BCUT2D eigenvalue weighted by atomic mass is 79.9. The predicted molar refractivity (Wildman–Crippen MR) is 91.9 cm³/mol. The van der Waals surface area contributed by atoms with Gasteiger partial charge in [-0.15, -0.1) is 11.3 Å². The average molecular weight is 390 g/mol. The summed E-state index contributed by atoms with van der Waals surface area (Å²) in [6.45, 7) is 3.68. The predicted octanol–water partition coefficient (Wildman–Crippen LogP) is 4.42. The first-order chi connectivity index (χ1) is 9.97. The van der Waals surface area contributed by atoms with Crippen LogP contribution in [-0.4, -0.2) is 28.6 Å². The smallest absolute Gasteiger partial charge is 0.0816 e. The van der Waals surface area contributed by atoms with Crippen molar-refractivity contribution in [2.75, 3.05) is 13.6 Å². The Morgan fingerprint density at radius 1 is 1.48 bits per heavy atom. The molecule has 1 N–H and O–H groups in total. The molecule has 0 saturated heterocycles. The van der Waals surface area contributed by atoms with Crippen molar-refractivity contribution in [2.24, 2.45) is 0 Å². The van der Waals surface area contributed by atoms with Gasteiger partial charge in [-0.25, -0.2) is 4.98 Å². The first-order valence-electron chi connectivity index (χ1n) is 6.68. The van der Waals surface area contributed by atoms with Gasteiger partial charge in [0.2, 0.25) is 0 Å². The molecule has 0 bridgehead atoms. The van der Waals surface area contributed by atoms with Crippen LogP contribution in [0.5, 0.6) is 0 Å². The van der Waals surface area contributed by atoms with E-state index in [9.17, 15) is 5.11 Å². The van der Waals surface area contributed by atoms with Gasteiger partial charge in [-0.1, -0.05) is 33.6 Å². The van der Waals surface area contributed by atoms with Crippen LogP contribution >= 0.6 is 38.9 Å². The molecule has 21 heavy (non-hydrogen) atoms. The van der Waals surface area contributed by atoms with Gasteiger partial charge in [-0.3, -0.25) is 0 Å². The third-order valence-electron chi connectivity index (χ3n) is 3.36. The highest BCUT2D eigenvalue weighted by Gasteiger charge is 2.13. The Morgan fingerprint density at radius 3 is 2.86 bits per heavy atom. The van der Waals surface area contributed by atoms with Crippen LogP contribution in [0.25, 0.3) is 0 Å². The summed E-state index contributed by atoms with van der Waals surface area (Å²) in [5, 5.41) is 10.9. The van der Waals surface area contributed by atoms with Crippen LogP contribution in [0.15, 0.2) is 28.2 Å². The number of hydrogen-bond acceptors (Lipinski definition) is 4. The van der Waals surface area contributed by atoms with Crippen molar-refractivity contribution >= 4 is 38.9 Å². The summed E-state index contributed by atoms with van der Waals surface area (Å²) < 4.78 is 0.918. The summed E-state index contributed by atoms with van der Waals surface area (Å²) in [5.74, 6) is 0. The molecule has 6 heteroatoms. The molecule has 2 aromatic rings. The Morgan fingerprint density at radius 2 is 2.24 bits per heavy atom. The molecule has 2 rings (SSSR count). The Hall–Kier alpha value is -0.460. The van der Waals surface area contributed by atoms with E-state index in [4.69, 9.17) is 11.6 Å². The van der Waals surface area contributed by atoms with E-state index in [0.717, 1.165) is 28.8 Å². The van der Waals surface area contributed by atoms with Gasteiger partial charge in [0.1, 0.15) is 0 Å². The number of benzene rings is 1. The topological polar surface area (TPSA) is 36.4 Å². The maximum atomic E-state index is 10.3. The number of aliphatic hydroxyl groups is 1. The molecule has 1 atom stereocenters. The number of thiazole rings is 1. The minimum Gasteiger partial charge on any atom is -0.388 e. The van der Waals surface area contributed by atoms with Gasteiger partial charge in [0.05, 0.1) is 17.3 Å². The van der Waals surface area contributed by atoms with Gasteiger partial charge in [0.25, 0.3) is 0 Å². The Kier molecular flexibility index (Phi) is 6.20. The lowest BCUT2D eigenvalue weighted by Gasteiger charge is -2.19. The van der Waals surface area contributed by atoms with Gasteiger partial charge in [0.15, 0.2) is 0 Å². The number of aromatic nitrogens is 1. The van der Waals surface area contributed by atoms with Crippen molar-refractivity contribution < 1.29 is 5.11 Å². The summed E-state index contributed by atoms with van der Waals surface area (Å²) in [6.07, 6.45) is 0.103. The van der Waals surface area contributed by atoms with Crippen LogP contribution < -0.4 is 0 Å². The molecule has 0 aliphatic rings. The second-order valence-corrected chi connectivity index (χ2v) is 7.33. The van der Waals surface area contributed by atoms with E-state index in [0.29, 0.717) is 11.4 Å². The van der Waals surface area contributed by atoms with E-state index in [2.05, 4.69) is 32.9 Å². The fraction of sp³-hybridized carbons (Fsp3) is 0.400. The van der Waals surface area contributed by atoms with E-state index in [1.807, 2.05) is 30.6 Å². The molecule has 1 aromatic heterocycles. The van der Waals surface area contributed by atoms with E-state index in [-0.39, 0.29) is 0 Å². The van der Waals surface area contributed by atoms with Crippen LogP contribution in [0.4, 0.5) is 0 Å². The third kappa shape index (κ3) is 4.76. The number of aryl methyl sites for hydroxylation is 1. The first-order valence-corrected chi connectivity index (χ1v) is 8.73. The normalized spacial score (nSPS) is 12.9. The Bertz CT molecular complexity index is 605. The summed E-state index contributed by atoms with van der Waals surface area (Å²) in [4.78, 5) is 7.72. The molecule has 0 aliphatic heterocycles. The van der Waals surface area contributed by atoms with Crippen molar-refractivity contribution in [3.63, 3.8) is 0 Å². The minimum absolute atomic E-state index is 0.546. The molecule has 0 radical (unpaired) electrons. The number of nitrogens with zero attached hydrogens (tertiary/aromatic N) is 2. The number of hydrogen-bond donors (Lipinski definition) is 1. The van der Waals surface area contributed by atoms with Crippen LogP contribution in [-0.2, 0) is 6.54 Å². The second-order valence-electron chi connectivity index (χ2n) is 5.07. The minimum atomic E-state index is -0.546. The van der Waals surface area contributed by atoms with Gasteiger partial charge in [-0.05, 0) is 38.1 Å². The number of aliphatic hydroxyl groups excluding tert-OH is 1. The zero-order valence-corrected chi connectivity index (χ0v) is 15.2. The van der Waals surface area contributed by atoms with Crippen molar-refractivity contribution in [1.29, 1.82) is 0 Å². The quantitative estimate of drug-likeness (QED) is 0.794. The molecule has 3 nitrogen and oxygen atoms in total. The first kappa shape index (κ1) is 16.9. The standard InChI is InChI=1S/C15H18BrClN2OS/c1-10-15(21-9-18-10)8-19(2)6-5-14(20)12-4-3-11(16)7-13(12)17/h3-4,7,9,14,20H,5-6,8H2,1-2H3.